The SMILES string of the molecule is CO[C@H](C)[C@@H]1NC(=O)[C@H](CCC(N)=O)N(C)C(=O)[C@H](CC(C)C)NC(=O)[C@@H](CCCN)NC(=O)C(CO)NC(=O)[C@H](NC(=O)[C@@H](NC(=O)[C@H](O)[C@H](O)[C@H](CCC(N)=O)NC(=O)[C@@H](CCCN)NC(=O)[C@H](C)[C@H](O)[C@H](C)C[C@H](C)CC(C)C)[C@@H](C)[C@@H](C)C(N)=O)[C@H]([C@H](C)C(C)C)OC(=O)[C@@H]2CCCCN2C(=O)[C@@H](CC(=O)O)NC1=O. The standard InChI is InChI=1S/C75H132N16O23/c1-35(2)30-38(7)32-39(8)59(97)43(12)64(101)82-46(20-18-27-76)65(102)81-45(23-25-53(78)93)60(98)61(99)72(109)87-56(41(10)42(11)63(80)100)69(106)89-58-62(40(9)37(5)6)114-75(112)52-22-16-17-29-91(52)74(111)49(33-55(95)96)85-70(107)57(44(13)113-15)88-68(105)51(24-26-54(79)94)90(14)73(110)48(31-36(3)4)84-66(103)47(21-19-28-77)83-67(104)50(34-92)86-71(58)108/h35-52,56-62,92,97-99H,16-34,76-77H2,1-15H3,(H2,78,93)(H2,79,94)(H2,80,100)(H,81,102)(H,82,101)(H,83,104)(H,84,103)(H,85,107)(H,86,108)(H,87,109)(H,88,105)(H,89,106)(H,95,96)/t38-,39-,40-,41+,42-,43-,44-,45+,46-,47-,48+,49-,50?,51+,52+,56+,57+,58-,59-,60-,61-,62+/m1/s1. The molecule has 0 aromatic carbocycles. The number of hydrogen-bond acceptors (Lipinski definition) is 24. The predicted octanol–water partition coefficient (Wildman–Crippen LogP) is -4.48. The number of hydrogen-bond donors (Lipinski definition) is 19. The summed E-state index contributed by atoms with van der Waals surface area (Å²) in [5.41, 5.74) is 28.5. The molecular weight excluding hydrogens is 1490 g/mol. The van der Waals surface area contributed by atoms with E-state index in [2.05, 4.69) is 61.7 Å². The van der Waals surface area contributed by atoms with Crippen LogP contribution in [0, 0.1) is 53.3 Å². The molecule has 0 spiro atoms. The molecule has 39 nitrogen and oxygen atoms in total. The van der Waals surface area contributed by atoms with Crippen LogP contribution < -0.4 is 76.5 Å². The Morgan fingerprint density at radius 1 is 0.614 bits per heavy atom. The Balaban J connectivity index is 3.10. The molecule has 0 bridgehead atoms. The van der Waals surface area contributed by atoms with E-state index in [4.69, 9.17) is 38.1 Å². The number of piperidine rings is 1. The van der Waals surface area contributed by atoms with Crippen molar-refractivity contribution in [1.82, 2.24) is 57.7 Å². The van der Waals surface area contributed by atoms with E-state index in [0.717, 1.165) is 30.4 Å². The number of carbonyl (C=O) groups is 16. The Hall–Kier alpha value is -8.76. The molecule has 114 heavy (non-hydrogen) atoms. The van der Waals surface area contributed by atoms with Crippen molar-refractivity contribution < 1.29 is 112 Å². The van der Waals surface area contributed by atoms with Crippen molar-refractivity contribution in [3.05, 3.63) is 0 Å². The van der Waals surface area contributed by atoms with Crippen molar-refractivity contribution in [1.29, 1.82) is 0 Å². The number of nitrogens with one attached hydrogen (secondary N) is 9. The zero-order chi connectivity index (χ0) is 87.0. The average Bonchev–Trinajstić information content (AvgIpc) is 0.830. The topological polar surface area (TPSA) is 638 Å². The van der Waals surface area contributed by atoms with E-state index in [-0.39, 0.29) is 82.8 Å². The van der Waals surface area contributed by atoms with E-state index >= 15 is 19.2 Å². The molecule has 39 heteroatoms. The number of aliphatic hydroxyl groups excluding tert-OH is 4. The minimum atomic E-state index is -2.69. The van der Waals surface area contributed by atoms with Gasteiger partial charge in [-0.2, -0.15) is 0 Å². The van der Waals surface area contributed by atoms with Crippen molar-refractivity contribution in [3.8, 4) is 0 Å². The number of methoxy groups -OCH3 is 1. The highest BCUT2D eigenvalue weighted by molar-refractivity contribution is 6.00. The first kappa shape index (κ1) is 101. The summed E-state index contributed by atoms with van der Waals surface area (Å²) in [4.78, 5) is 230. The fourth-order valence-corrected chi connectivity index (χ4v) is 13.9. The third kappa shape index (κ3) is 31.8. The number of likely N-dealkylation sites (N-methyl/N-ethyl adjacent to an activating group) is 1. The molecule has 2 fully saturated rings. The van der Waals surface area contributed by atoms with Crippen LogP contribution in [0.4, 0.5) is 0 Å². The normalized spacial score (nSPS) is 24.4. The highest BCUT2D eigenvalue weighted by Gasteiger charge is 2.48. The molecule has 2 heterocycles. The molecular formula is C75H132N16O23. The zero-order valence-corrected chi connectivity index (χ0v) is 68.7. The zero-order valence-electron chi connectivity index (χ0n) is 68.7. The number of aliphatic carboxylic acids is 1. The number of aliphatic hydroxyl groups is 4. The lowest BCUT2D eigenvalue weighted by Gasteiger charge is -2.39. The van der Waals surface area contributed by atoms with Crippen molar-refractivity contribution in [3.63, 3.8) is 0 Å². The number of amides is 14. The van der Waals surface area contributed by atoms with Crippen LogP contribution in [0.5, 0.6) is 0 Å². The van der Waals surface area contributed by atoms with Gasteiger partial charge in [0.05, 0.1) is 37.2 Å². The highest BCUT2D eigenvalue weighted by atomic mass is 16.5. The van der Waals surface area contributed by atoms with Gasteiger partial charge in [-0.25, -0.2) is 4.79 Å². The molecule has 2 aliphatic rings. The van der Waals surface area contributed by atoms with E-state index in [0.29, 0.717) is 12.3 Å². The first-order chi connectivity index (χ1) is 53.2. The number of fused-ring (bicyclic) bond motifs is 1. The summed E-state index contributed by atoms with van der Waals surface area (Å²) in [6.45, 7) is 19.6. The molecule has 0 radical (unpaired) electrons. The second-order valence-electron chi connectivity index (χ2n) is 31.8. The molecule has 2 saturated heterocycles. The molecule has 0 aliphatic carbocycles. The summed E-state index contributed by atoms with van der Waals surface area (Å²) < 4.78 is 11.8. The van der Waals surface area contributed by atoms with Crippen molar-refractivity contribution in [2.75, 3.05) is 40.4 Å². The van der Waals surface area contributed by atoms with Crippen molar-refractivity contribution in [2.24, 2.45) is 81.9 Å². The fraction of sp³-hybridized carbons (Fsp3) is 0.787. The maximum Gasteiger partial charge on any atom is 0.329 e. The summed E-state index contributed by atoms with van der Waals surface area (Å²) in [7, 11) is 2.31. The number of carboxylic acids is 1. The van der Waals surface area contributed by atoms with Crippen LogP contribution in [0.2, 0.25) is 0 Å². The van der Waals surface area contributed by atoms with Gasteiger partial charge in [-0.1, -0.05) is 83.1 Å². The van der Waals surface area contributed by atoms with Gasteiger partial charge in [0.25, 0.3) is 5.91 Å². The number of carboxylic acid groups (broad SMARTS) is 1. The summed E-state index contributed by atoms with van der Waals surface area (Å²) >= 11 is 0. The van der Waals surface area contributed by atoms with E-state index in [1.54, 1.807) is 34.6 Å². The van der Waals surface area contributed by atoms with Gasteiger partial charge >= 0.3 is 11.9 Å². The average molecular weight is 1630 g/mol. The molecule has 14 amide bonds. The number of primary amides is 3. The first-order valence-corrected chi connectivity index (χ1v) is 39.4. The Bertz CT molecular complexity index is 3260. The number of cyclic esters (lactones) is 1. The van der Waals surface area contributed by atoms with Crippen LogP contribution in [0.3, 0.4) is 0 Å². The van der Waals surface area contributed by atoms with E-state index in [1.165, 1.54) is 34.6 Å². The molecule has 22 atom stereocenters. The molecule has 1 unspecified atom stereocenters. The Labute approximate surface area is 667 Å². The fourth-order valence-electron chi connectivity index (χ4n) is 13.9. The molecule has 0 aromatic rings. The van der Waals surface area contributed by atoms with Gasteiger partial charge in [0.15, 0.2) is 6.10 Å². The monoisotopic (exact) mass is 1620 g/mol. The van der Waals surface area contributed by atoms with Gasteiger partial charge in [-0.05, 0) is 138 Å². The third-order valence-electron chi connectivity index (χ3n) is 21.3. The second kappa shape index (κ2) is 49.2. The maximum absolute atomic E-state index is 15.5. The summed E-state index contributed by atoms with van der Waals surface area (Å²) in [5.74, 6) is -24.8. The van der Waals surface area contributed by atoms with Gasteiger partial charge in [0.2, 0.25) is 76.8 Å². The van der Waals surface area contributed by atoms with E-state index < -0.39 is 266 Å². The van der Waals surface area contributed by atoms with Crippen molar-refractivity contribution in [2.45, 2.75) is 283 Å². The van der Waals surface area contributed by atoms with Gasteiger partial charge in [-0.15, -0.1) is 0 Å². The van der Waals surface area contributed by atoms with Crippen molar-refractivity contribution >= 4 is 94.6 Å². The van der Waals surface area contributed by atoms with Gasteiger partial charge < -0.3 is 121 Å². The lowest BCUT2D eigenvalue weighted by molar-refractivity contribution is -0.168. The number of carbonyl (C=O) groups excluding carboxylic acids is 15. The number of nitrogens with zero attached hydrogens (tertiary/aromatic N) is 2. The van der Waals surface area contributed by atoms with Gasteiger partial charge in [-0.3, -0.25) is 71.9 Å². The smallest absolute Gasteiger partial charge is 0.329 e. The van der Waals surface area contributed by atoms with E-state index in [9.17, 15) is 83.1 Å². The Kier molecular flexibility index (Phi) is 43.7. The highest BCUT2D eigenvalue weighted by Crippen LogP contribution is 2.29. The summed E-state index contributed by atoms with van der Waals surface area (Å²) in [6.07, 6.45) is -11.6. The summed E-state index contributed by atoms with van der Waals surface area (Å²) in [5, 5.41) is 78.5. The lowest BCUT2D eigenvalue weighted by atomic mass is 9.83. The molecule has 650 valence electrons. The maximum atomic E-state index is 15.5. The number of esters is 1. The molecule has 2 rings (SSSR count). The number of rotatable bonds is 40. The van der Waals surface area contributed by atoms with Crippen LogP contribution in [0.25, 0.3) is 0 Å². The van der Waals surface area contributed by atoms with Gasteiger partial charge in [0, 0.05) is 39.5 Å². The van der Waals surface area contributed by atoms with Crippen LogP contribution in [0.15, 0.2) is 0 Å². The molecule has 0 saturated carbocycles. The Morgan fingerprint density at radius 3 is 1.75 bits per heavy atom. The number of ether oxygens (including phenoxy) is 2. The number of nitrogens with two attached hydrogens (primary N) is 5. The molecule has 2 aliphatic heterocycles. The van der Waals surface area contributed by atoms with Gasteiger partial charge in [0.1, 0.15) is 72.6 Å². The second-order valence-corrected chi connectivity index (χ2v) is 31.8. The minimum Gasteiger partial charge on any atom is -0.481 e. The molecule has 0 aromatic heterocycles. The predicted molar refractivity (Wildman–Crippen MR) is 413 cm³/mol. The first-order valence-electron chi connectivity index (χ1n) is 39.4. The molecule has 24 N–H and O–H groups in total. The Morgan fingerprint density at radius 2 is 1.20 bits per heavy atom. The summed E-state index contributed by atoms with van der Waals surface area (Å²) in [6, 6.07) is -20.1. The van der Waals surface area contributed by atoms with Crippen LogP contribution >= 0.6 is 0 Å². The largest absolute Gasteiger partial charge is 0.481 e. The van der Waals surface area contributed by atoms with Crippen LogP contribution in [-0.2, 0) is 86.2 Å². The quantitative estimate of drug-likeness (QED) is 0.0257. The van der Waals surface area contributed by atoms with E-state index in [1.807, 2.05) is 6.92 Å². The third-order valence-corrected chi connectivity index (χ3v) is 21.3. The minimum absolute atomic E-state index is 0.0189. The lowest BCUT2D eigenvalue weighted by Crippen LogP contribution is -2.65. The van der Waals surface area contributed by atoms with Crippen LogP contribution in [0.1, 0.15) is 186 Å². The van der Waals surface area contributed by atoms with Crippen LogP contribution in [-0.4, -0.2) is 267 Å².